The van der Waals surface area contributed by atoms with E-state index >= 15 is 0 Å². The fourth-order valence-electron chi connectivity index (χ4n) is 3.85. The fourth-order valence-corrected chi connectivity index (χ4v) is 3.85. The molecule has 0 aliphatic rings. The average Bonchev–Trinajstić information content (AvgIpc) is 2.86. The van der Waals surface area contributed by atoms with Crippen LogP contribution >= 0.6 is 0 Å². The lowest BCUT2D eigenvalue weighted by Gasteiger charge is -2.13. The van der Waals surface area contributed by atoms with Gasteiger partial charge in [0.2, 0.25) is 0 Å². The van der Waals surface area contributed by atoms with Gasteiger partial charge in [-0.2, -0.15) is 13.2 Å². The van der Waals surface area contributed by atoms with Gasteiger partial charge in [-0.05, 0) is 41.5 Å². The second-order valence-electron chi connectivity index (χ2n) is 7.97. The van der Waals surface area contributed by atoms with Crippen LogP contribution in [0.1, 0.15) is 37.4 Å². The summed E-state index contributed by atoms with van der Waals surface area (Å²) in [7, 11) is 1.15. The Morgan fingerprint density at radius 1 is 1.00 bits per heavy atom. The molecule has 4 aromatic rings. The van der Waals surface area contributed by atoms with Gasteiger partial charge in [0.25, 0.3) is 5.91 Å². The normalized spacial score (nSPS) is 11.3. The number of nitrogens with two attached hydrogens (primary N) is 1. The number of Topliss-reactive ketones (excluding diaryl/α,β-unsaturated/α-hetero) is 1. The van der Waals surface area contributed by atoms with Crippen molar-refractivity contribution >= 4 is 28.4 Å². The maximum atomic E-state index is 13.3. The number of alkyl halides is 3. The van der Waals surface area contributed by atoms with E-state index in [0.29, 0.717) is 28.8 Å². The SMILES string of the molecule is COc1ccc(C(=O)Cc2cccc(CNc3ncnc4c(C(N)=O)cccc34)c2)cc1C(F)(F)F. The van der Waals surface area contributed by atoms with Crippen LogP contribution < -0.4 is 15.8 Å². The number of halogens is 3. The summed E-state index contributed by atoms with van der Waals surface area (Å²) in [6.45, 7) is 0.343. The van der Waals surface area contributed by atoms with Crippen molar-refractivity contribution in [2.75, 3.05) is 12.4 Å². The third-order valence-electron chi connectivity index (χ3n) is 5.57. The van der Waals surface area contributed by atoms with Gasteiger partial charge in [-0.15, -0.1) is 0 Å². The number of ether oxygens (including phenoxy) is 1. The molecule has 0 spiro atoms. The molecular formula is C26H21F3N4O3. The number of anilines is 1. The van der Waals surface area contributed by atoms with E-state index in [-0.39, 0.29) is 23.3 Å². The smallest absolute Gasteiger partial charge is 0.419 e. The molecule has 1 heterocycles. The number of hydrogen-bond acceptors (Lipinski definition) is 6. The topological polar surface area (TPSA) is 107 Å². The first-order chi connectivity index (χ1) is 17.2. The van der Waals surface area contributed by atoms with E-state index in [4.69, 9.17) is 10.5 Å². The molecule has 3 N–H and O–H groups in total. The van der Waals surface area contributed by atoms with Gasteiger partial charge in [0.15, 0.2) is 5.78 Å². The summed E-state index contributed by atoms with van der Waals surface area (Å²) < 4.78 is 44.7. The van der Waals surface area contributed by atoms with Gasteiger partial charge in [0, 0.05) is 23.9 Å². The van der Waals surface area contributed by atoms with Crippen LogP contribution in [0.3, 0.4) is 0 Å². The Bertz CT molecular complexity index is 1450. The number of nitrogens with zero attached hydrogens (tertiary/aromatic N) is 2. The summed E-state index contributed by atoms with van der Waals surface area (Å²) in [6.07, 6.45) is -3.39. The Morgan fingerprint density at radius 3 is 2.47 bits per heavy atom. The van der Waals surface area contributed by atoms with Crippen molar-refractivity contribution < 1.29 is 27.5 Å². The Balaban J connectivity index is 1.51. The molecular weight excluding hydrogens is 473 g/mol. The largest absolute Gasteiger partial charge is 0.496 e. The Labute approximate surface area is 204 Å². The molecule has 10 heteroatoms. The third kappa shape index (κ3) is 5.27. The lowest BCUT2D eigenvalue weighted by atomic mass is 9.99. The van der Waals surface area contributed by atoms with E-state index < -0.39 is 23.4 Å². The Kier molecular flexibility index (Phi) is 6.86. The number of para-hydroxylation sites is 1. The summed E-state index contributed by atoms with van der Waals surface area (Å²) in [5.74, 6) is -0.884. The average molecular weight is 494 g/mol. The molecule has 36 heavy (non-hydrogen) atoms. The van der Waals surface area contributed by atoms with Gasteiger partial charge in [-0.3, -0.25) is 9.59 Å². The summed E-state index contributed by atoms with van der Waals surface area (Å²) in [4.78, 5) is 32.8. The first-order valence-electron chi connectivity index (χ1n) is 10.8. The molecule has 0 bridgehead atoms. The molecule has 7 nitrogen and oxygen atoms in total. The molecule has 0 saturated carbocycles. The van der Waals surface area contributed by atoms with Crippen molar-refractivity contribution in [3.63, 3.8) is 0 Å². The van der Waals surface area contributed by atoms with E-state index in [0.717, 1.165) is 24.8 Å². The summed E-state index contributed by atoms with van der Waals surface area (Å²) in [6, 6.07) is 15.4. The number of carbonyl (C=O) groups excluding carboxylic acids is 2. The monoisotopic (exact) mass is 494 g/mol. The van der Waals surface area contributed by atoms with Crippen molar-refractivity contribution in [1.82, 2.24) is 9.97 Å². The van der Waals surface area contributed by atoms with Crippen molar-refractivity contribution in [3.8, 4) is 5.75 Å². The zero-order valence-corrected chi connectivity index (χ0v) is 19.1. The van der Waals surface area contributed by atoms with Gasteiger partial charge in [0.05, 0.1) is 23.8 Å². The van der Waals surface area contributed by atoms with Crippen LogP contribution in [0.2, 0.25) is 0 Å². The highest BCUT2D eigenvalue weighted by Gasteiger charge is 2.35. The first-order valence-corrected chi connectivity index (χ1v) is 10.8. The van der Waals surface area contributed by atoms with E-state index in [1.807, 2.05) is 6.07 Å². The lowest BCUT2D eigenvalue weighted by Crippen LogP contribution is -2.12. The van der Waals surface area contributed by atoms with E-state index in [1.54, 1.807) is 36.4 Å². The molecule has 184 valence electrons. The van der Waals surface area contributed by atoms with Crippen LogP contribution in [0.25, 0.3) is 10.9 Å². The maximum absolute atomic E-state index is 13.3. The summed E-state index contributed by atoms with van der Waals surface area (Å²) >= 11 is 0. The van der Waals surface area contributed by atoms with E-state index in [2.05, 4.69) is 15.3 Å². The number of nitrogens with one attached hydrogen (secondary N) is 1. The van der Waals surface area contributed by atoms with Gasteiger partial charge in [-0.25, -0.2) is 9.97 Å². The zero-order valence-electron chi connectivity index (χ0n) is 19.1. The van der Waals surface area contributed by atoms with Crippen LogP contribution in [-0.4, -0.2) is 28.8 Å². The first kappa shape index (κ1) is 24.6. The van der Waals surface area contributed by atoms with Gasteiger partial charge in [0.1, 0.15) is 17.9 Å². The van der Waals surface area contributed by atoms with Crippen molar-refractivity contribution in [1.29, 1.82) is 0 Å². The van der Waals surface area contributed by atoms with Gasteiger partial charge in [-0.1, -0.05) is 30.3 Å². The molecule has 0 atom stereocenters. The van der Waals surface area contributed by atoms with Crippen molar-refractivity contribution in [2.45, 2.75) is 19.1 Å². The van der Waals surface area contributed by atoms with E-state index in [9.17, 15) is 22.8 Å². The molecule has 3 aromatic carbocycles. The van der Waals surface area contributed by atoms with Crippen LogP contribution in [0.4, 0.5) is 19.0 Å². The zero-order chi connectivity index (χ0) is 25.9. The number of amides is 1. The number of aromatic nitrogens is 2. The predicted molar refractivity (Wildman–Crippen MR) is 128 cm³/mol. The minimum atomic E-state index is -4.64. The molecule has 1 amide bonds. The highest BCUT2D eigenvalue weighted by Crippen LogP contribution is 2.36. The van der Waals surface area contributed by atoms with Crippen molar-refractivity contribution in [3.05, 3.63) is 94.8 Å². The molecule has 0 radical (unpaired) electrons. The minimum absolute atomic E-state index is 0.0515. The third-order valence-corrected chi connectivity index (χ3v) is 5.57. The van der Waals surface area contributed by atoms with Crippen LogP contribution in [0.15, 0.2) is 67.0 Å². The van der Waals surface area contributed by atoms with Crippen molar-refractivity contribution in [2.24, 2.45) is 5.73 Å². The molecule has 1 aromatic heterocycles. The number of hydrogen-bond donors (Lipinski definition) is 2. The van der Waals surface area contributed by atoms with Crippen LogP contribution in [0, 0.1) is 0 Å². The van der Waals surface area contributed by atoms with Crippen LogP contribution in [-0.2, 0) is 19.1 Å². The molecule has 0 aliphatic heterocycles. The molecule has 0 aliphatic carbocycles. The second-order valence-corrected chi connectivity index (χ2v) is 7.97. The fraction of sp³-hybridized carbons (Fsp3) is 0.154. The molecule has 0 saturated heterocycles. The standard InChI is InChI=1S/C26H21F3N4O3/c1-36-22-9-8-17(12-20(22)26(27,28)29)21(34)11-15-4-2-5-16(10-15)13-31-25-19-7-3-6-18(24(30)35)23(19)32-14-33-25/h2-10,12,14H,11,13H2,1H3,(H2,30,35)(H,31,32,33). The lowest BCUT2D eigenvalue weighted by molar-refractivity contribution is -0.138. The molecule has 4 rings (SSSR count). The number of methoxy groups -OCH3 is 1. The molecule has 0 unspecified atom stereocenters. The maximum Gasteiger partial charge on any atom is 0.419 e. The van der Waals surface area contributed by atoms with Crippen LogP contribution in [0.5, 0.6) is 5.75 Å². The van der Waals surface area contributed by atoms with E-state index in [1.165, 1.54) is 12.4 Å². The predicted octanol–water partition coefficient (Wildman–Crippen LogP) is 4.79. The quantitative estimate of drug-likeness (QED) is 0.341. The number of carbonyl (C=O) groups is 2. The molecule has 0 fully saturated rings. The Hall–Kier alpha value is -4.47. The minimum Gasteiger partial charge on any atom is -0.496 e. The Morgan fingerprint density at radius 2 is 1.75 bits per heavy atom. The number of benzene rings is 3. The van der Waals surface area contributed by atoms with Gasteiger partial charge >= 0.3 is 6.18 Å². The number of ketones is 1. The second kappa shape index (κ2) is 10.0. The van der Waals surface area contributed by atoms with Gasteiger partial charge < -0.3 is 15.8 Å². The summed E-state index contributed by atoms with van der Waals surface area (Å²) in [5.41, 5.74) is 6.56. The number of primary amides is 1. The highest BCUT2D eigenvalue weighted by molar-refractivity contribution is 6.06. The highest BCUT2D eigenvalue weighted by atomic mass is 19.4. The number of rotatable bonds is 8. The summed E-state index contributed by atoms with van der Waals surface area (Å²) in [5, 5.41) is 3.82. The number of fused-ring (bicyclic) bond motifs is 1.